The van der Waals surface area contributed by atoms with Crippen molar-refractivity contribution in [3.63, 3.8) is 0 Å². The van der Waals surface area contributed by atoms with Gasteiger partial charge in [-0.05, 0) is 37.5 Å². The third-order valence-electron chi connectivity index (χ3n) is 4.91. The van der Waals surface area contributed by atoms with Crippen molar-refractivity contribution in [1.82, 2.24) is 14.8 Å². The number of nitrogens with zero attached hydrogens (tertiary/aromatic N) is 3. The molecule has 1 aliphatic rings. The fourth-order valence-electron chi connectivity index (χ4n) is 3.28. The summed E-state index contributed by atoms with van der Waals surface area (Å²) in [5.41, 5.74) is 3.36. The standard InChI is InChI=1S/C21H25N3O2/c1-16-5-7-19(8-6-16)15-23-12-13-24(17(2)21(23)26)20(25)10-9-18-4-3-11-22-14-18/h3-8,11,14,17H,9-10,12-13,15H2,1-2H3/t17-/m1/s1. The van der Waals surface area contributed by atoms with Gasteiger partial charge in [-0.15, -0.1) is 0 Å². The van der Waals surface area contributed by atoms with Gasteiger partial charge in [0.15, 0.2) is 0 Å². The van der Waals surface area contributed by atoms with E-state index in [1.807, 2.05) is 30.9 Å². The molecule has 2 heterocycles. The summed E-state index contributed by atoms with van der Waals surface area (Å²) in [5.74, 6) is 0.0521. The van der Waals surface area contributed by atoms with E-state index < -0.39 is 6.04 Å². The van der Waals surface area contributed by atoms with Gasteiger partial charge in [-0.3, -0.25) is 14.6 Å². The molecule has 1 aromatic heterocycles. The number of hydrogen-bond acceptors (Lipinski definition) is 3. The van der Waals surface area contributed by atoms with Gasteiger partial charge < -0.3 is 9.80 Å². The number of amides is 2. The fourth-order valence-corrected chi connectivity index (χ4v) is 3.28. The Kier molecular flexibility index (Phi) is 5.66. The van der Waals surface area contributed by atoms with Crippen molar-refractivity contribution in [3.8, 4) is 0 Å². The molecule has 1 aromatic carbocycles. The van der Waals surface area contributed by atoms with E-state index >= 15 is 0 Å². The highest BCUT2D eigenvalue weighted by atomic mass is 16.2. The van der Waals surface area contributed by atoms with Gasteiger partial charge in [-0.2, -0.15) is 0 Å². The average molecular weight is 351 g/mol. The zero-order valence-corrected chi connectivity index (χ0v) is 15.4. The molecule has 2 amide bonds. The van der Waals surface area contributed by atoms with Crippen molar-refractivity contribution in [2.75, 3.05) is 13.1 Å². The monoisotopic (exact) mass is 351 g/mol. The fraction of sp³-hybridized carbons (Fsp3) is 0.381. The molecular formula is C21H25N3O2. The van der Waals surface area contributed by atoms with E-state index in [1.54, 1.807) is 17.3 Å². The van der Waals surface area contributed by atoms with Gasteiger partial charge in [0.1, 0.15) is 6.04 Å². The molecule has 0 radical (unpaired) electrons. The number of carbonyl (C=O) groups is 2. The SMILES string of the molecule is Cc1ccc(CN2CCN(C(=O)CCc3cccnc3)[C@H](C)C2=O)cc1. The van der Waals surface area contributed by atoms with Crippen LogP contribution in [-0.2, 0) is 22.6 Å². The normalized spacial score (nSPS) is 17.5. The molecule has 5 heteroatoms. The van der Waals surface area contributed by atoms with Crippen molar-refractivity contribution in [3.05, 3.63) is 65.5 Å². The van der Waals surface area contributed by atoms with Crippen LogP contribution in [0.4, 0.5) is 0 Å². The minimum absolute atomic E-state index is 0.0200. The van der Waals surface area contributed by atoms with Gasteiger partial charge in [0.05, 0.1) is 0 Å². The number of rotatable bonds is 5. The summed E-state index contributed by atoms with van der Waals surface area (Å²) < 4.78 is 0. The first kappa shape index (κ1) is 18.1. The van der Waals surface area contributed by atoms with Gasteiger partial charge in [0.2, 0.25) is 11.8 Å². The lowest BCUT2D eigenvalue weighted by Gasteiger charge is -2.39. The van der Waals surface area contributed by atoms with E-state index in [1.165, 1.54) is 5.56 Å². The van der Waals surface area contributed by atoms with Crippen molar-refractivity contribution < 1.29 is 9.59 Å². The van der Waals surface area contributed by atoms with Crippen LogP contribution in [0, 0.1) is 6.92 Å². The molecule has 0 bridgehead atoms. The number of hydrogen-bond donors (Lipinski definition) is 0. The second-order valence-corrected chi connectivity index (χ2v) is 6.87. The zero-order chi connectivity index (χ0) is 18.5. The second-order valence-electron chi connectivity index (χ2n) is 6.87. The first-order chi connectivity index (χ1) is 12.5. The topological polar surface area (TPSA) is 53.5 Å². The summed E-state index contributed by atoms with van der Waals surface area (Å²) in [6.07, 6.45) is 4.55. The first-order valence-corrected chi connectivity index (χ1v) is 9.07. The number of piperazine rings is 1. The Balaban J connectivity index is 1.56. The molecule has 2 aromatic rings. The predicted octanol–water partition coefficient (Wildman–Crippen LogP) is 2.58. The lowest BCUT2D eigenvalue weighted by atomic mass is 10.1. The summed E-state index contributed by atoms with van der Waals surface area (Å²) in [7, 11) is 0. The first-order valence-electron chi connectivity index (χ1n) is 9.07. The van der Waals surface area contributed by atoms with Crippen LogP contribution in [0.5, 0.6) is 0 Å². The smallest absolute Gasteiger partial charge is 0.245 e. The van der Waals surface area contributed by atoms with Crippen LogP contribution in [0.2, 0.25) is 0 Å². The largest absolute Gasteiger partial charge is 0.335 e. The number of aryl methyl sites for hydroxylation is 2. The number of benzene rings is 1. The van der Waals surface area contributed by atoms with Crippen LogP contribution < -0.4 is 0 Å². The molecule has 1 saturated heterocycles. The molecule has 5 nitrogen and oxygen atoms in total. The van der Waals surface area contributed by atoms with E-state index in [2.05, 4.69) is 29.2 Å². The highest BCUT2D eigenvalue weighted by Crippen LogP contribution is 2.17. The van der Waals surface area contributed by atoms with E-state index in [4.69, 9.17) is 0 Å². The van der Waals surface area contributed by atoms with Gasteiger partial charge >= 0.3 is 0 Å². The Hall–Kier alpha value is -2.69. The molecule has 0 aliphatic carbocycles. The maximum atomic E-state index is 12.7. The van der Waals surface area contributed by atoms with Gasteiger partial charge in [0.25, 0.3) is 0 Å². The summed E-state index contributed by atoms with van der Waals surface area (Å²) in [5, 5.41) is 0. The van der Waals surface area contributed by atoms with Crippen molar-refractivity contribution >= 4 is 11.8 Å². The minimum Gasteiger partial charge on any atom is -0.335 e. The quantitative estimate of drug-likeness (QED) is 0.832. The third kappa shape index (κ3) is 4.28. The lowest BCUT2D eigenvalue weighted by Crippen LogP contribution is -2.57. The summed E-state index contributed by atoms with van der Waals surface area (Å²) >= 11 is 0. The van der Waals surface area contributed by atoms with Gasteiger partial charge in [-0.1, -0.05) is 35.9 Å². The number of pyridine rings is 1. The van der Waals surface area contributed by atoms with Crippen molar-refractivity contribution in [1.29, 1.82) is 0 Å². The predicted molar refractivity (Wildman–Crippen MR) is 100 cm³/mol. The Labute approximate surface area is 154 Å². The summed E-state index contributed by atoms with van der Waals surface area (Å²) in [4.78, 5) is 32.9. The number of carbonyl (C=O) groups excluding carboxylic acids is 2. The molecule has 26 heavy (non-hydrogen) atoms. The maximum absolute atomic E-state index is 12.7. The molecule has 0 unspecified atom stereocenters. The van der Waals surface area contributed by atoms with Gasteiger partial charge in [-0.25, -0.2) is 0 Å². The zero-order valence-electron chi connectivity index (χ0n) is 15.4. The molecule has 3 rings (SSSR count). The van der Waals surface area contributed by atoms with Crippen molar-refractivity contribution in [2.24, 2.45) is 0 Å². The van der Waals surface area contributed by atoms with Crippen LogP contribution in [-0.4, -0.2) is 45.7 Å². The molecule has 1 fully saturated rings. The Morgan fingerprint density at radius 2 is 1.92 bits per heavy atom. The van der Waals surface area contributed by atoms with Crippen LogP contribution in [0.3, 0.4) is 0 Å². The summed E-state index contributed by atoms with van der Waals surface area (Å²) in [6, 6.07) is 11.7. The van der Waals surface area contributed by atoms with Crippen LogP contribution >= 0.6 is 0 Å². The Morgan fingerprint density at radius 3 is 2.62 bits per heavy atom. The Bertz CT molecular complexity index is 759. The van der Waals surface area contributed by atoms with E-state index in [0.717, 1.165) is 11.1 Å². The number of aromatic nitrogens is 1. The minimum atomic E-state index is -0.407. The van der Waals surface area contributed by atoms with Crippen LogP contribution in [0.25, 0.3) is 0 Å². The van der Waals surface area contributed by atoms with Crippen molar-refractivity contribution in [2.45, 2.75) is 39.3 Å². The lowest BCUT2D eigenvalue weighted by molar-refractivity contribution is -0.151. The van der Waals surface area contributed by atoms with E-state index in [-0.39, 0.29) is 11.8 Å². The molecule has 1 aliphatic heterocycles. The molecule has 0 N–H and O–H groups in total. The van der Waals surface area contributed by atoms with E-state index in [9.17, 15) is 9.59 Å². The molecule has 0 spiro atoms. The molecule has 0 saturated carbocycles. The second kappa shape index (κ2) is 8.13. The average Bonchev–Trinajstić information content (AvgIpc) is 2.66. The van der Waals surface area contributed by atoms with Gasteiger partial charge in [0, 0.05) is 38.4 Å². The van der Waals surface area contributed by atoms with Crippen LogP contribution in [0.1, 0.15) is 30.0 Å². The molecule has 1 atom stereocenters. The molecular weight excluding hydrogens is 326 g/mol. The Morgan fingerprint density at radius 1 is 1.15 bits per heavy atom. The van der Waals surface area contributed by atoms with Crippen LogP contribution in [0.15, 0.2) is 48.8 Å². The van der Waals surface area contributed by atoms with E-state index in [0.29, 0.717) is 32.5 Å². The maximum Gasteiger partial charge on any atom is 0.245 e. The highest BCUT2D eigenvalue weighted by molar-refractivity contribution is 5.88. The molecule has 136 valence electrons. The summed E-state index contributed by atoms with van der Waals surface area (Å²) in [6.45, 7) is 5.64. The third-order valence-corrected chi connectivity index (χ3v) is 4.91. The highest BCUT2D eigenvalue weighted by Gasteiger charge is 2.33.